The Morgan fingerprint density at radius 3 is 3.05 bits per heavy atom. The van der Waals surface area contributed by atoms with Gasteiger partial charge in [0.25, 0.3) is 5.91 Å². The van der Waals surface area contributed by atoms with Crippen LogP contribution in [0.5, 0.6) is 0 Å². The smallest absolute Gasteiger partial charge is 0.273 e. The first-order chi connectivity index (χ1) is 10.6. The van der Waals surface area contributed by atoms with E-state index in [1.807, 2.05) is 19.0 Å². The summed E-state index contributed by atoms with van der Waals surface area (Å²) in [5.41, 5.74) is 4.01. The number of amides is 1. The van der Waals surface area contributed by atoms with Crippen LogP contribution in [0.3, 0.4) is 0 Å². The molecule has 0 saturated carbocycles. The Labute approximate surface area is 133 Å². The number of hydrogen-bond acceptors (Lipinski definition) is 6. The SMILES string of the molecule is CN(C)Cc1cncc([C@@H]2CCCN2C(=O)c2cscn2)n1. The number of rotatable bonds is 4. The lowest BCUT2D eigenvalue weighted by Crippen LogP contribution is -2.31. The number of thiazole rings is 1. The van der Waals surface area contributed by atoms with E-state index in [0.29, 0.717) is 5.69 Å². The molecular formula is C15H19N5OS. The van der Waals surface area contributed by atoms with Gasteiger partial charge in [-0.3, -0.25) is 14.8 Å². The molecule has 0 N–H and O–H groups in total. The molecule has 3 heterocycles. The fraction of sp³-hybridized carbons (Fsp3) is 0.467. The van der Waals surface area contributed by atoms with Crippen molar-refractivity contribution in [3.63, 3.8) is 0 Å². The number of nitrogens with zero attached hydrogens (tertiary/aromatic N) is 5. The molecule has 0 radical (unpaired) electrons. The highest BCUT2D eigenvalue weighted by atomic mass is 32.1. The van der Waals surface area contributed by atoms with E-state index in [1.54, 1.807) is 23.3 Å². The summed E-state index contributed by atoms with van der Waals surface area (Å²) in [6, 6.07) is 0.00353. The van der Waals surface area contributed by atoms with Crippen LogP contribution in [-0.2, 0) is 6.54 Å². The predicted molar refractivity (Wildman–Crippen MR) is 84.5 cm³/mol. The Balaban J connectivity index is 1.82. The zero-order valence-corrected chi connectivity index (χ0v) is 13.6. The van der Waals surface area contributed by atoms with Gasteiger partial charge < -0.3 is 9.80 Å². The highest BCUT2D eigenvalue weighted by molar-refractivity contribution is 7.07. The summed E-state index contributed by atoms with van der Waals surface area (Å²) < 4.78 is 0. The maximum Gasteiger partial charge on any atom is 0.273 e. The van der Waals surface area contributed by atoms with Gasteiger partial charge in [-0.1, -0.05) is 0 Å². The summed E-state index contributed by atoms with van der Waals surface area (Å²) in [6.45, 7) is 1.49. The van der Waals surface area contributed by atoms with Gasteiger partial charge >= 0.3 is 0 Å². The molecule has 1 aliphatic rings. The zero-order chi connectivity index (χ0) is 15.5. The topological polar surface area (TPSA) is 62.2 Å². The molecule has 6 nitrogen and oxygen atoms in total. The monoisotopic (exact) mass is 317 g/mol. The average Bonchev–Trinajstić information content (AvgIpc) is 3.18. The van der Waals surface area contributed by atoms with Crippen LogP contribution in [0.15, 0.2) is 23.3 Å². The van der Waals surface area contributed by atoms with Crippen molar-refractivity contribution in [2.45, 2.75) is 25.4 Å². The first-order valence-corrected chi connectivity index (χ1v) is 8.24. The third-order valence-electron chi connectivity index (χ3n) is 3.69. The lowest BCUT2D eigenvalue weighted by atomic mass is 10.1. The fourth-order valence-electron chi connectivity index (χ4n) is 2.77. The predicted octanol–water partition coefficient (Wildman–Crippen LogP) is 1.97. The van der Waals surface area contributed by atoms with Crippen LogP contribution in [0, 0.1) is 0 Å². The zero-order valence-electron chi connectivity index (χ0n) is 12.8. The Bertz CT molecular complexity index is 643. The van der Waals surface area contributed by atoms with E-state index in [9.17, 15) is 4.79 Å². The Morgan fingerprint density at radius 1 is 1.45 bits per heavy atom. The molecular weight excluding hydrogens is 298 g/mol. The van der Waals surface area contributed by atoms with Crippen LogP contribution in [-0.4, -0.2) is 51.3 Å². The molecule has 0 unspecified atom stereocenters. The number of hydrogen-bond donors (Lipinski definition) is 0. The molecule has 0 aliphatic carbocycles. The fourth-order valence-corrected chi connectivity index (χ4v) is 3.29. The van der Waals surface area contributed by atoms with Crippen molar-refractivity contribution >= 4 is 17.2 Å². The van der Waals surface area contributed by atoms with Crippen molar-refractivity contribution in [3.8, 4) is 0 Å². The van der Waals surface area contributed by atoms with E-state index in [4.69, 9.17) is 4.98 Å². The standard InChI is InChI=1S/C15H19N5OS/c1-19(2)8-11-6-16-7-12(18-11)14-4-3-5-20(14)15(21)13-9-22-10-17-13/h6-7,9-10,14H,3-5,8H2,1-2H3/t14-/m0/s1. The van der Waals surface area contributed by atoms with Gasteiger partial charge in [-0.2, -0.15) is 0 Å². The van der Waals surface area contributed by atoms with E-state index in [-0.39, 0.29) is 11.9 Å². The van der Waals surface area contributed by atoms with Gasteiger partial charge in [0.05, 0.1) is 29.1 Å². The third kappa shape index (κ3) is 3.15. The lowest BCUT2D eigenvalue weighted by molar-refractivity contribution is 0.0727. The van der Waals surface area contributed by atoms with Crippen LogP contribution < -0.4 is 0 Å². The minimum absolute atomic E-state index is 0.00353. The molecule has 1 aliphatic heterocycles. The van der Waals surface area contributed by atoms with Crippen molar-refractivity contribution in [1.82, 2.24) is 24.8 Å². The van der Waals surface area contributed by atoms with Crippen LogP contribution in [0.4, 0.5) is 0 Å². The summed E-state index contributed by atoms with van der Waals surface area (Å²) in [6.07, 6.45) is 5.47. The van der Waals surface area contributed by atoms with Crippen LogP contribution in [0.25, 0.3) is 0 Å². The Kier molecular flexibility index (Phi) is 4.44. The second-order valence-electron chi connectivity index (χ2n) is 5.70. The number of likely N-dealkylation sites (tertiary alicyclic amines) is 1. The van der Waals surface area contributed by atoms with E-state index in [2.05, 4.69) is 14.9 Å². The maximum absolute atomic E-state index is 12.6. The Hall–Kier alpha value is -1.86. The second-order valence-corrected chi connectivity index (χ2v) is 6.42. The van der Waals surface area contributed by atoms with Crippen LogP contribution in [0.1, 0.15) is 40.8 Å². The van der Waals surface area contributed by atoms with Gasteiger partial charge in [-0.15, -0.1) is 11.3 Å². The molecule has 7 heteroatoms. The summed E-state index contributed by atoms with van der Waals surface area (Å²) in [5.74, 6) is -0.0106. The van der Waals surface area contributed by atoms with Gasteiger partial charge in [0.2, 0.25) is 0 Å². The molecule has 22 heavy (non-hydrogen) atoms. The highest BCUT2D eigenvalue weighted by Gasteiger charge is 2.32. The molecule has 0 aromatic carbocycles. The molecule has 2 aromatic heterocycles. The molecule has 1 fully saturated rings. The minimum Gasteiger partial charge on any atom is -0.329 e. The third-order valence-corrected chi connectivity index (χ3v) is 4.27. The molecule has 0 spiro atoms. The summed E-state index contributed by atoms with van der Waals surface area (Å²) >= 11 is 1.44. The maximum atomic E-state index is 12.6. The summed E-state index contributed by atoms with van der Waals surface area (Å²) in [5, 5.41) is 1.80. The van der Waals surface area contributed by atoms with Crippen molar-refractivity contribution in [3.05, 3.63) is 40.4 Å². The largest absolute Gasteiger partial charge is 0.329 e. The van der Waals surface area contributed by atoms with E-state index in [0.717, 1.165) is 37.3 Å². The minimum atomic E-state index is -0.0106. The van der Waals surface area contributed by atoms with Gasteiger partial charge in [-0.05, 0) is 26.9 Å². The number of carbonyl (C=O) groups excluding carboxylic acids is 1. The molecule has 0 bridgehead atoms. The molecule has 116 valence electrons. The molecule has 1 atom stereocenters. The number of carbonyl (C=O) groups is 1. The lowest BCUT2D eigenvalue weighted by Gasteiger charge is -2.23. The van der Waals surface area contributed by atoms with Crippen molar-refractivity contribution < 1.29 is 4.79 Å². The van der Waals surface area contributed by atoms with Gasteiger partial charge in [-0.25, -0.2) is 4.98 Å². The van der Waals surface area contributed by atoms with Crippen LogP contribution in [0.2, 0.25) is 0 Å². The van der Waals surface area contributed by atoms with Gasteiger partial charge in [0, 0.05) is 24.7 Å². The second kappa shape index (κ2) is 6.50. The highest BCUT2D eigenvalue weighted by Crippen LogP contribution is 2.31. The number of aromatic nitrogens is 3. The molecule has 3 rings (SSSR count). The summed E-state index contributed by atoms with van der Waals surface area (Å²) in [7, 11) is 4.00. The van der Waals surface area contributed by atoms with Crippen molar-refractivity contribution in [2.24, 2.45) is 0 Å². The van der Waals surface area contributed by atoms with Crippen molar-refractivity contribution in [2.75, 3.05) is 20.6 Å². The molecule has 1 amide bonds. The van der Waals surface area contributed by atoms with E-state index in [1.165, 1.54) is 11.3 Å². The first-order valence-electron chi connectivity index (χ1n) is 7.30. The quantitative estimate of drug-likeness (QED) is 0.863. The van der Waals surface area contributed by atoms with E-state index >= 15 is 0 Å². The van der Waals surface area contributed by atoms with Gasteiger partial charge in [0.15, 0.2) is 0 Å². The van der Waals surface area contributed by atoms with E-state index < -0.39 is 0 Å². The van der Waals surface area contributed by atoms with Gasteiger partial charge in [0.1, 0.15) is 5.69 Å². The molecule has 2 aromatic rings. The van der Waals surface area contributed by atoms with Crippen molar-refractivity contribution in [1.29, 1.82) is 0 Å². The normalized spacial score (nSPS) is 18.1. The average molecular weight is 317 g/mol. The Morgan fingerprint density at radius 2 is 2.32 bits per heavy atom. The first kappa shape index (κ1) is 15.1. The van der Waals surface area contributed by atoms with Crippen LogP contribution >= 0.6 is 11.3 Å². The summed E-state index contributed by atoms with van der Waals surface area (Å²) in [4.78, 5) is 29.6. The molecule has 1 saturated heterocycles.